The molecule has 0 aliphatic carbocycles. The van der Waals surface area contributed by atoms with Gasteiger partial charge in [-0.25, -0.2) is 4.59 Å². The van der Waals surface area contributed by atoms with E-state index >= 15 is 0 Å². The summed E-state index contributed by atoms with van der Waals surface area (Å²) in [5.74, 6) is 5.79. The van der Waals surface area contributed by atoms with Crippen molar-refractivity contribution in [2.45, 2.75) is 20.3 Å². The first kappa shape index (κ1) is 12.1. The normalized spacial score (nSPS) is 10.2. The molecule has 0 aliphatic heterocycles. The highest BCUT2D eigenvalue weighted by Crippen LogP contribution is 2.11. The molecule has 0 amide bonds. The van der Waals surface area contributed by atoms with Gasteiger partial charge in [-0.15, -0.1) is 0 Å². The highest BCUT2D eigenvalue weighted by molar-refractivity contribution is 5.39. The molecule has 0 unspecified atom stereocenters. The number of quaternary nitrogens is 1. The minimum absolute atomic E-state index is 0.390. The van der Waals surface area contributed by atoms with Crippen LogP contribution in [0.1, 0.15) is 20.3 Å². The van der Waals surface area contributed by atoms with E-state index in [1.807, 2.05) is 44.4 Å². The molecule has 0 heterocycles. The number of hydrogen-bond donors (Lipinski definition) is 1. The zero-order valence-electron chi connectivity index (χ0n) is 9.12. The van der Waals surface area contributed by atoms with E-state index in [0.29, 0.717) is 4.59 Å². The van der Waals surface area contributed by atoms with Gasteiger partial charge in [0.05, 0.1) is 14.1 Å². The van der Waals surface area contributed by atoms with Gasteiger partial charge in [0, 0.05) is 12.1 Å². The first-order valence-electron chi connectivity index (χ1n) is 4.70. The quantitative estimate of drug-likeness (QED) is 0.402. The van der Waals surface area contributed by atoms with Crippen LogP contribution in [0, 0.1) is 0 Å². The molecule has 0 aliphatic rings. The third kappa shape index (κ3) is 5.39. The Morgan fingerprint density at radius 2 is 1.46 bits per heavy atom. The van der Waals surface area contributed by atoms with Crippen molar-refractivity contribution in [1.82, 2.24) is 4.59 Å². The molecule has 13 heavy (non-hydrogen) atoms. The van der Waals surface area contributed by atoms with Crippen molar-refractivity contribution in [3.05, 3.63) is 30.3 Å². The number of nitrogens with zero attached hydrogens (tertiary/aromatic N) is 1. The molecule has 1 aromatic rings. The maximum absolute atomic E-state index is 5.79. The van der Waals surface area contributed by atoms with Crippen LogP contribution in [0.2, 0.25) is 0 Å². The van der Waals surface area contributed by atoms with Crippen molar-refractivity contribution in [3.8, 4) is 0 Å². The lowest BCUT2D eigenvalue weighted by Crippen LogP contribution is -2.47. The number of nitrogens with two attached hydrogens (primary N) is 1. The van der Waals surface area contributed by atoms with Gasteiger partial charge in [0.25, 0.3) is 0 Å². The molecular weight excluding hydrogens is 160 g/mol. The van der Waals surface area contributed by atoms with Crippen LogP contribution in [-0.4, -0.2) is 14.1 Å². The maximum Gasteiger partial charge on any atom is 0.151 e. The summed E-state index contributed by atoms with van der Waals surface area (Å²) in [6.07, 6.45) is 1.25. The van der Waals surface area contributed by atoms with Crippen LogP contribution >= 0.6 is 0 Å². The molecule has 0 bridgehead atoms. The average molecular weight is 181 g/mol. The van der Waals surface area contributed by atoms with Gasteiger partial charge in [0.2, 0.25) is 0 Å². The Hall–Kier alpha value is -0.860. The molecule has 2 nitrogen and oxygen atoms in total. The average Bonchev–Trinajstić information content (AvgIpc) is 2.06. The molecule has 1 aromatic carbocycles. The predicted molar refractivity (Wildman–Crippen MR) is 60.2 cm³/mol. The van der Waals surface area contributed by atoms with Gasteiger partial charge in [0.1, 0.15) is 0 Å². The molecule has 0 fully saturated rings. The fourth-order valence-corrected chi connectivity index (χ4v) is 0.812. The predicted octanol–water partition coefficient (Wildman–Crippen LogP) is 2.54. The Bertz CT molecular complexity index is 211. The summed E-state index contributed by atoms with van der Waals surface area (Å²) in [5.41, 5.74) is 1.11. The second kappa shape index (κ2) is 5.73. The van der Waals surface area contributed by atoms with Crippen LogP contribution in [0.15, 0.2) is 30.3 Å². The SMILES string of the molecule is CCC.C[N+](C)(N)c1ccccc1. The fourth-order valence-electron chi connectivity index (χ4n) is 0.812. The third-order valence-corrected chi connectivity index (χ3v) is 1.42. The van der Waals surface area contributed by atoms with Crippen LogP contribution in [-0.2, 0) is 0 Å². The summed E-state index contributed by atoms with van der Waals surface area (Å²) in [6, 6.07) is 9.99. The number of para-hydroxylation sites is 1. The van der Waals surface area contributed by atoms with E-state index < -0.39 is 0 Å². The van der Waals surface area contributed by atoms with Crippen LogP contribution in [0.25, 0.3) is 0 Å². The van der Waals surface area contributed by atoms with E-state index in [9.17, 15) is 0 Å². The Morgan fingerprint density at radius 1 is 1.08 bits per heavy atom. The van der Waals surface area contributed by atoms with Gasteiger partial charge >= 0.3 is 0 Å². The second-order valence-electron chi connectivity index (χ2n) is 3.58. The van der Waals surface area contributed by atoms with Crippen molar-refractivity contribution in [2.75, 3.05) is 14.1 Å². The number of benzene rings is 1. The van der Waals surface area contributed by atoms with E-state index in [1.54, 1.807) is 0 Å². The molecular formula is C11H21N2+. The highest BCUT2D eigenvalue weighted by Gasteiger charge is 2.10. The summed E-state index contributed by atoms with van der Waals surface area (Å²) in [6.45, 7) is 4.25. The Kier molecular flexibility index (Phi) is 5.35. The zero-order valence-corrected chi connectivity index (χ0v) is 9.12. The topological polar surface area (TPSA) is 26.0 Å². The zero-order chi connectivity index (χ0) is 10.3. The van der Waals surface area contributed by atoms with E-state index in [4.69, 9.17) is 5.84 Å². The first-order chi connectivity index (χ1) is 6.02. The van der Waals surface area contributed by atoms with Gasteiger partial charge in [-0.2, -0.15) is 5.84 Å². The molecule has 0 radical (unpaired) electrons. The van der Waals surface area contributed by atoms with Gasteiger partial charge in [-0.3, -0.25) is 0 Å². The molecule has 0 aromatic heterocycles. The molecule has 0 saturated heterocycles. The largest absolute Gasteiger partial charge is 0.221 e. The van der Waals surface area contributed by atoms with Crippen LogP contribution < -0.4 is 10.4 Å². The number of hydrogen-bond acceptors (Lipinski definition) is 1. The van der Waals surface area contributed by atoms with Crippen molar-refractivity contribution >= 4 is 5.69 Å². The minimum Gasteiger partial charge on any atom is -0.221 e. The molecule has 0 atom stereocenters. The fraction of sp³-hybridized carbons (Fsp3) is 0.455. The molecule has 0 saturated carbocycles. The molecule has 2 N–H and O–H groups in total. The molecule has 0 spiro atoms. The maximum atomic E-state index is 5.79. The number of rotatable bonds is 1. The van der Waals surface area contributed by atoms with Gasteiger partial charge in [-0.1, -0.05) is 38.5 Å². The molecule has 74 valence electrons. The van der Waals surface area contributed by atoms with Crippen LogP contribution in [0.4, 0.5) is 5.69 Å². The molecule has 2 heteroatoms. The Balaban J connectivity index is 0.000000424. The van der Waals surface area contributed by atoms with Crippen LogP contribution in [0.3, 0.4) is 0 Å². The Morgan fingerprint density at radius 3 is 1.69 bits per heavy atom. The molecule has 1 rings (SSSR count). The second-order valence-corrected chi connectivity index (χ2v) is 3.58. The monoisotopic (exact) mass is 181 g/mol. The summed E-state index contributed by atoms with van der Waals surface area (Å²) < 4.78 is 0.390. The summed E-state index contributed by atoms with van der Waals surface area (Å²) >= 11 is 0. The van der Waals surface area contributed by atoms with Gasteiger partial charge in [-0.05, 0) is 0 Å². The summed E-state index contributed by atoms with van der Waals surface area (Å²) in [5, 5.41) is 0. The van der Waals surface area contributed by atoms with Gasteiger partial charge < -0.3 is 0 Å². The van der Waals surface area contributed by atoms with Crippen molar-refractivity contribution in [3.63, 3.8) is 0 Å². The van der Waals surface area contributed by atoms with Crippen LogP contribution in [0.5, 0.6) is 0 Å². The van der Waals surface area contributed by atoms with Crippen molar-refractivity contribution in [2.24, 2.45) is 5.84 Å². The minimum atomic E-state index is 0.390. The van der Waals surface area contributed by atoms with Gasteiger partial charge in [0.15, 0.2) is 5.69 Å². The smallest absolute Gasteiger partial charge is 0.151 e. The van der Waals surface area contributed by atoms with E-state index in [0.717, 1.165) is 5.69 Å². The summed E-state index contributed by atoms with van der Waals surface area (Å²) in [4.78, 5) is 0. The lowest BCUT2D eigenvalue weighted by Gasteiger charge is -2.21. The first-order valence-corrected chi connectivity index (χ1v) is 4.70. The third-order valence-electron chi connectivity index (χ3n) is 1.42. The van der Waals surface area contributed by atoms with E-state index in [1.165, 1.54) is 6.42 Å². The standard InChI is InChI=1S/C8H13N2.C3H8/c1-10(2,9)8-6-4-3-5-7-8;1-3-2/h3-7H,9H2,1-2H3;3H2,1-2H3/q+1;. The summed E-state index contributed by atoms with van der Waals surface area (Å²) in [7, 11) is 3.88. The van der Waals surface area contributed by atoms with Crippen molar-refractivity contribution < 1.29 is 0 Å². The van der Waals surface area contributed by atoms with E-state index in [2.05, 4.69) is 13.8 Å². The van der Waals surface area contributed by atoms with Crippen molar-refractivity contribution in [1.29, 1.82) is 0 Å². The van der Waals surface area contributed by atoms with E-state index in [-0.39, 0.29) is 0 Å². The Labute approximate surface area is 81.5 Å². The lowest BCUT2D eigenvalue weighted by atomic mass is 10.3. The highest BCUT2D eigenvalue weighted by atomic mass is 15.5. The lowest BCUT2D eigenvalue weighted by molar-refractivity contribution is 0.419.